The predicted octanol–water partition coefficient (Wildman–Crippen LogP) is 5.11. The zero-order valence-electron chi connectivity index (χ0n) is 16.4. The molecule has 2 aliphatic heterocycles. The van der Waals surface area contributed by atoms with Crippen LogP contribution in [0.5, 0.6) is 0 Å². The fourth-order valence-corrected chi connectivity index (χ4v) is 5.02. The highest BCUT2D eigenvalue weighted by Crippen LogP contribution is 2.40. The van der Waals surface area contributed by atoms with Crippen LogP contribution in [-0.2, 0) is 0 Å². The Morgan fingerprint density at radius 2 is 1.62 bits per heavy atom. The number of benzene rings is 2. The minimum Gasteiger partial charge on any atom is -0.306 e. The number of carbonyl (C=O) groups is 2. The highest BCUT2D eigenvalue weighted by Gasteiger charge is 2.36. The van der Waals surface area contributed by atoms with Crippen LogP contribution in [0.2, 0.25) is 10.0 Å². The topological polar surface area (TPSA) is 40.6 Å². The molecular weight excluding hydrogens is 407 g/mol. The van der Waals surface area contributed by atoms with Crippen molar-refractivity contribution in [2.45, 2.75) is 25.2 Å². The molecule has 2 aromatic rings. The summed E-state index contributed by atoms with van der Waals surface area (Å²) >= 11 is 12.8. The summed E-state index contributed by atoms with van der Waals surface area (Å²) in [6.07, 6.45) is 2.80. The molecule has 0 radical (unpaired) electrons. The maximum atomic E-state index is 12.7. The van der Waals surface area contributed by atoms with Gasteiger partial charge in [-0.1, -0.05) is 35.3 Å². The monoisotopic (exact) mass is 430 g/mol. The van der Waals surface area contributed by atoms with Crippen LogP contribution in [0.15, 0.2) is 42.5 Å². The molecule has 0 aliphatic carbocycles. The molecule has 4 rings (SSSR count). The summed E-state index contributed by atoms with van der Waals surface area (Å²) in [6, 6.07) is 12.6. The van der Waals surface area contributed by atoms with Gasteiger partial charge in [0, 0.05) is 16.6 Å². The molecule has 1 atom stereocenters. The van der Waals surface area contributed by atoms with Crippen molar-refractivity contribution in [3.63, 3.8) is 0 Å². The number of likely N-dealkylation sites (tertiary alicyclic amines) is 1. The van der Waals surface area contributed by atoms with Gasteiger partial charge in [-0.3, -0.25) is 14.5 Å². The van der Waals surface area contributed by atoms with Gasteiger partial charge >= 0.3 is 0 Å². The summed E-state index contributed by atoms with van der Waals surface area (Å²) in [5.74, 6) is 0.186. The standard InChI is InChI=1S/C23H24Cl2N2O2/c1-26-11-8-15(9-12-26)17(20-14-16(24)6-7-21(20)25)10-13-27-22(28)18-4-2-3-5-19(18)23(27)29/h2-7,14-15,17H,8-13H2,1H3/t17-/m1/s1. The van der Waals surface area contributed by atoms with Crippen molar-refractivity contribution in [2.24, 2.45) is 5.92 Å². The van der Waals surface area contributed by atoms with Gasteiger partial charge in [0.1, 0.15) is 0 Å². The summed E-state index contributed by atoms with van der Waals surface area (Å²) in [7, 11) is 2.14. The Balaban J connectivity index is 1.57. The van der Waals surface area contributed by atoms with Crippen LogP contribution in [0.4, 0.5) is 0 Å². The minimum atomic E-state index is -0.204. The second-order valence-electron chi connectivity index (χ2n) is 8.01. The largest absolute Gasteiger partial charge is 0.306 e. The third-order valence-corrected chi connectivity index (χ3v) is 6.81. The molecule has 2 amide bonds. The van der Waals surface area contributed by atoms with E-state index in [-0.39, 0.29) is 17.7 Å². The van der Waals surface area contributed by atoms with E-state index in [9.17, 15) is 9.59 Å². The number of halogens is 2. The maximum Gasteiger partial charge on any atom is 0.261 e. The molecule has 29 heavy (non-hydrogen) atoms. The van der Waals surface area contributed by atoms with Gasteiger partial charge in [-0.2, -0.15) is 0 Å². The molecule has 0 saturated carbocycles. The Hall–Kier alpha value is -1.88. The summed E-state index contributed by atoms with van der Waals surface area (Å²) in [4.78, 5) is 29.2. The van der Waals surface area contributed by atoms with Crippen LogP contribution in [0.3, 0.4) is 0 Å². The van der Waals surface area contributed by atoms with Gasteiger partial charge in [-0.15, -0.1) is 0 Å². The molecule has 0 unspecified atom stereocenters. The number of piperidine rings is 1. The first kappa shape index (κ1) is 20.4. The Labute approximate surface area is 181 Å². The predicted molar refractivity (Wildman–Crippen MR) is 116 cm³/mol. The Morgan fingerprint density at radius 3 is 2.24 bits per heavy atom. The second-order valence-corrected chi connectivity index (χ2v) is 8.85. The van der Waals surface area contributed by atoms with Crippen LogP contribution in [0.1, 0.15) is 51.5 Å². The zero-order chi connectivity index (χ0) is 20.5. The van der Waals surface area contributed by atoms with Crippen molar-refractivity contribution in [3.05, 3.63) is 69.2 Å². The van der Waals surface area contributed by atoms with Gasteiger partial charge in [0.2, 0.25) is 0 Å². The maximum absolute atomic E-state index is 12.7. The van der Waals surface area contributed by atoms with E-state index in [0.29, 0.717) is 40.1 Å². The normalized spacial score (nSPS) is 18.9. The van der Waals surface area contributed by atoms with E-state index in [1.807, 2.05) is 12.1 Å². The van der Waals surface area contributed by atoms with Crippen molar-refractivity contribution >= 4 is 35.0 Å². The molecule has 1 saturated heterocycles. The third-order valence-electron chi connectivity index (χ3n) is 6.23. The van der Waals surface area contributed by atoms with E-state index in [2.05, 4.69) is 11.9 Å². The van der Waals surface area contributed by atoms with Crippen molar-refractivity contribution in [3.8, 4) is 0 Å². The first-order valence-electron chi connectivity index (χ1n) is 10.0. The zero-order valence-corrected chi connectivity index (χ0v) is 17.9. The van der Waals surface area contributed by atoms with Crippen LogP contribution < -0.4 is 0 Å². The lowest BCUT2D eigenvalue weighted by molar-refractivity contribution is 0.0643. The molecule has 2 heterocycles. The van der Waals surface area contributed by atoms with E-state index in [1.54, 1.807) is 30.3 Å². The minimum absolute atomic E-state index is 0.152. The molecule has 2 aromatic carbocycles. The molecule has 1 fully saturated rings. The lowest BCUT2D eigenvalue weighted by Crippen LogP contribution is -2.35. The molecule has 0 spiro atoms. The molecule has 4 nitrogen and oxygen atoms in total. The highest BCUT2D eigenvalue weighted by atomic mass is 35.5. The Morgan fingerprint density at radius 1 is 1.00 bits per heavy atom. The van der Waals surface area contributed by atoms with Crippen LogP contribution in [-0.4, -0.2) is 48.3 Å². The molecule has 2 aliphatic rings. The number of hydrogen-bond acceptors (Lipinski definition) is 3. The Kier molecular flexibility index (Phi) is 5.95. The lowest BCUT2D eigenvalue weighted by Gasteiger charge is -2.35. The van der Waals surface area contributed by atoms with E-state index < -0.39 is 0 Å². The Bertz CT molecular complexity index is 903. The number of carbonyl (C=O) groups excluding carboxylic acids is 2. The van der Waals surface area contributed by atoms with E-state index in [0.717, 1.165) is 31.5 Å². The molecular formula is C23H24Cl2N2O2. The summed E-state index contributed by atoms with van der Waals surface area (Å²) < 4.78 is 0. The lowest BCUT2D eigenvalue weighted by atomic mass is 9.78. The number of nitrogens with zero attached hydrogens (tertiary/aromatic N) is 2. The molecule has 152 valence electrons. The van der Waals surface area contributed by atoms with Crippen molar-refractivity contribution in [1.29, 1.82) is 0 Å². The van der Waals surface area contributed by atoms with Crippen LogP contribution in [0.25, 0.3) is 0 Å². The van der Waals surface area contributed by atoms with Crippen LogP contribution >= 0.6 is 23.2 Å². The van der Waals surface area contributed by atoms with Crippen molar-refractivity contribution < 1.29 is 9.59 Å². The molecule has 6 heteroatoms. The van der Waals surface area contributed by atoms with Crippen LogP contribution in [0, 0.1) is 5.92 Å². The SMILES string of the molecule is CN1CCC([C@@H](CCN2C(=O)c3ccccc3C2=O)c2cc(Cl)ccc2Cl)CC1. The average Bonchev–Trinajstić information content (AvgIpc) is 2.97. The fraction of sp³-hybridized carbons (Fsp3) is 0.391. The molecule has 0 aromatic heterocycles. The van der Waals surface area contributed by atoms with Gasteiger partial charge in [-0.05, 0) is 87.1 Å². The first-order valence-corrected chi connectivity index (χ1v) is 10.8. The molecule has 0 N–H and O–H groups in total. The van der Waals surface area contributed by atoms with Gasteiger partial charge in [0.15, 0.2) is 0 Å². The quantitative estimate of drug-likeness (QED) is 0.619. The van der Waals surface area contributed by atoms with Crippen molar-refractivity contribution in [2.75, 3.05) is 26.7 Å². The number of fused-ring (bicyclic) bond motifs is 1. The van der Waals surface area contributed by atoms with E-state index in [4.69, 9.17) is 23.2 Å². The van der Waals surface area contributed by atoms with Gasteiger partial charge in [-0.25, -0.2) is 0 Å². The number of hydrogen-bond donors (Lipinski definition) is 0. The smallest absolute Gasteiger partial charge is 0.261 e. The van der Waals surface area contributed by atoms with E-state index >= 15 is 0 Å². The third kappa shape index (κ3) is 4.07. The summed E-state index contributed by atoms with van der Waals surface area (Å²) in [5, 5.41) is 1.35. The average molecular weight is 431 g/mol. The van der Waals surface area contributed by atoms with E-state index in [1.165, 1.54) is 4.90 Å². The van der Waals surface area contributed by atoms with Crippen molar-refractivity contribution in [1.82, 2.24) is 9.80 Å². The number of imide groups is 1. The number of rotatable bonds is 5. The summed E-state index contributed by atoms with van der Waals surface area (Å²) in [5.41, 5.74) is 2.01. The fourth-order valence-electron chi connectivity index (χ4n) is 4.59. The molecule has 0 bridgehead atoms. The summed E-state index contributed by atoms with van der Waals surface area (Å²) in [6.45, 7) is 2.45. The van der Waals surface area contributed by atoms with Gasteiger partial charge < -0.3 is 4.90 Å². The van der Waals surface area contributed by atoms with Gasteiger partial charge in [0.25, 0.3) is 11.8 Å². The second kappa shape index (κ2) is 8.47. The first-order chi connectivity index (χ1) is 14.0. The van der Waals surface area contributed by atoms with Gasteiger partial charge in [0.05, 0.1) is 11.1 Å². The number of amides is 2. The highest BCUT2D eigenvalue weighted by molar-refractivity contribution is 6.33.